The Labute approximate surface area is 130 Å². The number of aryl methyl sites for hydroxylation is 2. The highest BCUT2D eigenvalue weighted by atomic mass is 32.2. The summed E-state index contributed by atoms with van der Waals surface area (Å²) in [4.78, 5) is 7.83. The number of sulfone groups is 1. The van der Waals surface area contributed by atoms with Crippen molar-refractivity contribution in [1.29, 1.82) is 0 Å². The molecule has 0 aliphatic rings. The Kier molecular flexibility index (Phi) is 5.60. The van der Waals surface area contributed by atoms with E-state index >= 15 is 0 Å². The first-order valence-electron chi connectivity index (χ1n) is 7.21. The van der Waals surface area contributed by atoms with Crippen LogP contribution in [-0.2, 0) is 22.7 Å². The third kappa shape index (κ3) is 5.18. The topological polar surface area (TPSA) is 59.9 Å². The summed E-state index contributed by atoms with van der Waals surface area (Å²) in [5.74, 6) is -0.202. The lowest BCUT2D eigenvalue weighted by Crippen LogP contribution is -2.05. The van der Waals surface area contributed by atoms with Crippen molar-refractivity contribution in [3.05, 3.63) is 53.6 Å². The molecule has 0 bridgehead atoms. The van der Waals surface area contributed by atoms with Crippen molar-refractivity contribution in [2.24, 2.45) is 0 Å². The number of hydrogen-bond acceptors (Lipinski definition) is 4. The normalized spacial score (nSPS) is 11.5. The lowest BCUT2D eigenvalue weighted by Gasteiger charge is -2.04. The summed E-state index contributed by atoms with van der Waals surface area (Å²) in [6.45, 7) is 0. The maximum atomic E-state index is 13.0. The van der Waals surface area contributed by atoms with E-state index in [1.54, 1.807) is 18.2 Å². The number of nitrogens with zero attached hydrogens (tertiary/aromatic N) is 2. The highest BCUT2D eigenvalue weighted by Crippen LogP contribution is 2.11. The van der Waals surface area contributed by atoms with Gasteiger partial charge in [-0.2, -0.15) is 0 Å². The van der Waals surface area contributed by atoms with Crippen molar-refractivity contribution in [3.63, 3.8) is 0 Å². The van der Waals surface area contributed by atoms with E-state index in [1.165, 1.54) is 12.3 Å². The zero-order chi connectivity index (χ0) is 16.0. The average Bonchev–Trinajstić information content (AvgIpc) is 2.46. The van der Waals surface area contributed by atoms with Gasteiger partial charge in [-0.25, -0.2) is 22.8 Å². The molecule has 118 valence electrons. The van der Waals surface area contributed by atoms with Crippen molar-refractivity contribution in [1.82, 2.24) is 9.97 Å². The molecule has 0 saturated heterocycles. The molecule has 6 heteroatoms. The third-order valence-electron chi connectivity index (χ3n) is 3.31. The molecule has 2 aromatic rings. The van der Waals surface area contributed by atoms with E-state index in [9.17, 15) is 12.8 Å². The van der Waals surface area contributed by atoms with Crippen LogP contribution in [0.15, 0.2) is 41.7 Å². The molecular formula is C16H19FN2O2S. The minimum Gasteiger partial charge on any atom is -0.227 e. The summed E-state index contributed by atoms with van der Waals surface area (Å²) in [6.07, 6.45) is 7.00. The van der Waals surface area contributed by atoms with Gasteiger partial charge in [0, 0.05) is 18.1 Å². The van der Waals surface area contributed by atoms with Gasteiger partial charge in [0.15, 0.2) is 0 Å². The van der Waals surface area contributed by atoms with Gasteiger partial charge in [-0.05, 0) is 49.4 Å². The minimum atomic E-state index is -3.36. The maximum Gasteiger partial charge on any atom is 0.246 e. The van der Waals surface area contributed by atoms with E-state index in [1.807, 2.05) is 6.07 Å². The fourth-order valence-electron chi connectivity index (χ4n) is 2.20. The van der Waals surface area contributed by atoms with Crippen LogP contribution in [0.4, 0.5) is 4.39 Å². The lowest BCUT2D eigenvalue weighted by molar-refractivity contribution is 0.590. The van der Waals surface area contributed by atoms with Crippen LogP contribution in [-0.4, -0.2) is 24.6 Å². The molecule has 0 saturated carbocycles. The average molecular weight is 322 g/mol. The summed E-state index contributed by atoms with van der Waals surface area (Å²) < 4.78 is 35.8. The van der Waals surface area contributed by atoms with Crippen LogP contribution in [0.5, 0.6) is 0 Å². The molecule has 2 rings (SSSR count). The quantitative estimate of drug-likeness (QED) is 0.581. The Morgan fingerprint density at radius 2 is 1.86 bits per heavy atom. The fraction of sp³-hybridized carbons (Fsp3) is 0.375. The van der Waals surface area contributed by atoms with Gasteiger partial charge in [-0.3, -0.25) is 0 Å². The van der Waals surface area contributed by atoms with Crippen molar-refractivity contribution in [3.8, 4) is 0 Å². The van der Waals surface area contributed by atoms with E-state index in [0.717, 1.165) is 43.2 Å². The second kappa shape index (κ2) is 7.45. The van der Waals surface area contributed by atoms with Crippen LogP contribution in [0.25, 0.3) is 0 Å². The first-order chi connectivity index (χ1) is 10.4. The molecule has 0 amide bonds. The Bertz CT molecular complexity index is 732. The SMILES string of the molecule is CS(=O)(=O)c1nccc(CCCCCc2cccc(F)c2)n1. The number of aromatic nitrogens is 2. The maximum absolute atomic E-state index is 13.0. The van der Waals surface area contributed by atoms with Gasteiger partial charge in [0.1, 0.15) is 5.82 Å². The predicted molar refractivity (Wildman–Crippen MR) is 82.8 cm³/mol. The molecule has 0 aliphatic heterocycles. The van der Waals surface area contributed by atoms with E-state index in [4.69, 9.17) is 0 Å². The van der Waals surface area contributed by atoms with Gasteiger partial charge in [0.25, 0.3) is 0 Å². The van der Waals surface area contributed by atoms with Crippen molar-refractivity contribution in [2.45, 2.75) is 37.3 Å². The van der Waals surface area contributed by atoms with E-state index in [0.29, 0.717) is 6.42 Å². The van der Waals surface area contributed by atoms with Gasteiger partial charge in [0.2, 0.25) is 15.0 Å². The van der Waals surface area contributed by atoms with Crippen molar-refractivity contribution in [2.75, 3.05) is 6.26 Å². The number of benzene rings is 1. The second-order valence-electron chi connectivity index (χ2n) is 5.29. The largest absolute Gasteiger partial charge is 0.246 e. The fourth-order valence-corrected chi connectivity index (χ4v) is 2.73. The summed E-state index contributed by atoms with van der Waals surface area (Å²) in [7, 11) is -3.36. The van der Waals surface area contributed by atoms with E-state index < -0.39 is 9.84 Å². The van der Waals surface area contributed by atoms with Crippen LogP contribution in [0.2, 0.25) is 0 Å². The zero-order valence-electron chi connectivity index (χ0n) is 12.5. The highest BCUT2D eigenvalue weighted by molar-refractivity contribution is 7.90. The van der Waals surface area contributed by atoms with Crippen LogP contribution >= 0.6 is 0 Å². The molecule has 0 fully saturated rings. The molecule has 0 unspecified atom stereocenters. The van der Waals surface area contributed by atoms with Gasteiger partial charge in [-0.15, -0.1) is 0 Å². The molecule has 0 spiro atoms. The Morgan fingerprint density at radius 3 is 2.59 bits per heavy atom. The first kappa shape index (κ1) is 16.5. The van der Waals surface area contributed by atoms with Crippen LogP contribution in [0.1, 0.15) is 30.5 Å². The van der Waals surface area contributed by atoms with Crippen molar-refractivity contribution < 1.29 is 12.8 Å². The number of hydrogen-bond donors (Lipinski definition) is 0. The van der Waals surface area contributed by atoms with Gasteiger partial charge < -0.3 is 0 Å². The van der Waals surface area contributed by atoms with Gasteiger partial charge in [0.05, 0.1) is 0 Å². The monoisotopic (exact) mass is 322 g/mol. The number of rotatable bonds is 7. The van der Waals surface area contributed by atoms with E-state index in [2.05, 4.69) is 9.97 Å². The highest BCUT2D eigenvalue weighted by Gasteiger charge is 2.10. The zero-order valence-corrected chi connectivity index (χ0v) is 13.3. The Balaban J connectivity index is 1.77. The lowest BCUT2D eigenvalue weighted by atomic mass is 10.1. The molecule has 0 N–H and O–H groups in total. The standard InChI is InChI=1S/C16H19FN2O2S/c1-22(20,21)16-18-11-10-15(19-16)9-4-2-3-6-13-7-5-8-14(17)12-13/h5,7-8,10-12H,2-4,6,9H2,1H3. The van der Waals surface area contributed by atoms with Crippen molar-refractivity contribution >= 4 is 9.84 Å². The Morgan fingerprint density at radius 1 is 1.09 bits per heavy atom. The molecule has 0 atom stereocenters. The summed E-state index contributed by atoms with van der Waals surface area (Å²) in [5, 5.41) is -0.121. The van der Waals surface area contributed by atoms with E-state index in [-0.39, 0.29) is 11.0 Å². The summed E-state index contributed by atoms with van der Waals surface area (Å²) in [5.41, 5.74) is 1.74. The van der Waals surface area contributed by atoms with Crippen LogP contribution < -0.4 is 0 Å². The Hall–Kier alpha value is -1.82. The molecule has 4 nitrogen and oxygen atoms in total. The van der Waals surface area contributed by atoms with Gasteiger partial charge in [-0.1, -0.05) is 18.6 Å². The molecule has 0 aliphatic carbocycles. The molecular weight excluding hydrogens is 303 g/mol. The first-order valence-corrected chi connectivity index (χ1v) is 9.11. The third-order valence-corrected chi connectivity index (χ3v) is 4.17. The molecule has 0 radical (unpaired) electrons. The minimum absolute atomic E-state index is 0.121. The smallest absolute Gasteiger partial charge is 0.227 e. The molecule has 1 aromatic carbocycles. The molecule has 1 aromatic heterocycles. The summed E-state index contributed by atoms with van der Waals surface area (Å²) in [6, 6.07) is 8.38. The summed E-state index contributed by atoms with van der Waals surface area (Å²) >= 11 is 0. The van der Waals surface area contributed by atoms with Crippen LogP contribution in [0, 0.1) is 5.82 Å². The second-order valence-corrected chi connectivity index (χ2v) is 7.20. The molecule has 22 heavy (non-hydrogen) atoms. The number of unbranched alkanes of at least 4 members (excludes halogenated alkanes) is 2. The molecule has 1 heterocycles. The predicted octanol–water partition coefficient (Wildman–Crippen LogP) is 2.97. The van der Waals surface area contributed by atoms with Gasteiger partial charge >= 0.3 is 0 Å². The number of halogens is 1. The van der Waals surface area contributed by atoms with Crippen LogP contribution in [0.3, 0.4) is 0 Å².